The Hall–Kier alpha value is -2.22. The molecule has 2 aliphatic rings. The van der Waals surface area contributed by atoms with Crippen LogP contribution in [0.2, 0.25) is 0 Å². The van der Waals surface area contributed by atoms with Crippen LogP contribution in [0.15, 0.2) is 48.7 Å². The summed E-state index contributed by atoms with van der Waals surface area (Å²) in [6.45, 7) is 0.935. The number of aromatic nitrogens is 1. The molecule has 122 valence electrons. The minimum Gasteiger partial charge on any atom is -0.385 e. The van der Waals surface area contributed by atoms with Crippen LogP contribution in [0.3, 0.4) is 0 Å². The van der Waals surface area contributed by atoms with Crippen LogP contribution in [-0.4, -0.2) is 27.1 Å². The highest BCUT2D eigenvalue weighted by atomic mass is 16.3. The van der Waals surface area contributed by atoms with E-state index in [9.17, 15) is 10.4 Å². The lowest BCUT2D eigenvalue weighted by Gasteiger charge is -2.44. The number of nitriles is 1. The zero-order valence-electron chi connectivity index (χ0n) is 13.6. The average Bonchev–Trinajstić information content (AvgIpc) is 2.86. The molecule has 1 aromatic heterocycles. The molecule has 2 bridgehead atoms. The van der Waals surface area contributed by atoms with E-state index >= 15 is 0 Å². The number of fused-ring (bicyclic) bond motifs is 2. The SMILES string of the molecule is N#Cc1ncccc1C1(O)CC2CCC(C1)N2Cc1ccccc1. The van der Waals surface area contributed by atoms with Gasteiger partial charge < -0.3 is 5.11 Å². The van der Waals surface area contributed by atoms with Crippen molar-refractivity contribution in [1.82, 2.24) is 9.88 Å². The van der Waals surface area contributed by atoms with Crippen LogP contribution < -0.4 is 0 Å². The molecule has 24 heavy (non-hydrogen) atoms. The van der Waals surface area contributed by atoms with Crippen LogP contribution in [0.25, 0.3) is 0 Å². The quantitative estimate of drug-likeness (QED) is 0.945. The van der Waals surface area contributed by atoms with Crippen molar-refractivity contribution in [3.63, 3.8) is 0 Å². The number of aliphatic hydroxyl groups is 1. The highest BCUT2D eigenvalue weighted by Crippen LogP contribution is 2.46. The lowest BCUT2D eigenvalue weighted by Crippen LogP contribution is -2.49. The van der Waals surface area contributed by atoms with E-state index in [0.29, 0.717) is 36.2 Å². The Bertz CT molecular complexity index is 754. The predicted molar refractivity (Wildman–Crippen MR) is 90.9 cm³/mol. The number of hydrogen-bond donors (Lipinski definition) is 1. The maximum absolute atomic E-state index is 11.3. The summed E-state index contributed by atoms with van der Waals surface area (Å²) < 4.78 is 0. The van der Waals surface area contributed by atoms with Crippen LogP contribution in [0.4, 0.5) is 0 Å². The predicted octanol–water partition coefficient (Wildman–Crippen LogP) is 2.97. The van der Waals surface area contributed by atoms with Crippen molar-refractivity contribution in [2.45, 2.75) is 49.9 Å². The lowest BCUT2D eigenvalue weighted by molar-refractivity contribution is -0.0598. The summed E-state index contributed by atoms with van der Waals surface area (Å²) in [5.41, 5.74) is 1.44. The maximum Gasteiger partial charge on any atom is 0.146 e. The second-order valence-electron chi connectivity index (χ2n) is 6.99. The topological polar surface area (TPSA) is 60.1 Å². The highest BCUT2D eigenvalue weighted by Gasteiger charge is 2.48. The molecular weight excluding hydrogens is 298 g/mol. The summed E-state index contributed by atoms with van der Waals surface area (Å²) in [5, 5.41) is 20.6. The van der Waals surface area contributed by atoms with Crippen molar-refractivity contribution in [2.75, 3.05) is 0 Å². The summed E-state index contributed by atoms with van der Waals surface area (Å²) in [6.07, 6.45) is 5.20. The average molecular weight is 319 g/mol. The largest absolute Gasteiger partial charge is 0.385 e. The standard InChI is InChI=1S/C20H21N3O/c21-13-19-18(7-4-10-22-19)20(24)11-16-8-9-17(12-20)23(16)14-15-5-2-1-3-6-15/h1-7,10,16-17,24H,8-9,11-12,14H2. The molecule has 0 amide bonds. The number of hydrogen-bond acceptors (Lipinski definition) is 4. The molecule has 0 aliphatic carbocycles. The highest BCUT2D eigenvalue weighted by molar-refractivity contribution is 5.36. The molecule has 2 fully saturated rings. The van der Waals surface area contributed by atoms with Gasteiger partial charge in [0.15, 0.2) is 0 Å². The minimum absolute atomic E-state index is 0.357. The molecule has 2 unspecified atom stereocenters. The van der Waals surface area contributed by atoms with Crippen molar-refractivity contribution in [1.29, 1.82) is 5.26 Å². The Morgan fingerprint density at radius 1 is 1.12 bits per heavy atom. The van der Waals surface area contributed by atoms with Gasteiger partial charge in [-0.3, -0.25) is 4.90 Å². The first-order chi connectivity index (χ1) is 11.7. The second kappa shape index (κ2) is 6.01. The molecule has 3 heterocycles. The first-order valence-electron chi connectivity index (χ1n) is 8.57. The molecule has 2 aliphatic heterocycles. The third-order valence-electron chi connectivity index (χ3n) is 5.54. The van der Waals surface area contributed by atoms with Crippen LogP contribution in [-0.2, 0) is 12.1 Å². The Morgan fingerprint density at radius 2 is 1.83 bits per heavy atom. The Kier molecular flexibility index (Phi) is 3.84. The number of piperidine rings is 1. The van der Waals surface area contributed by atoms with E-state index < -0.39 is 5.60 Å². The van der Waals surface area contributed by atoms with Gasteiger partial charge in [0, 0.05) is 30.4 Å². The summed E-state index contributed by atoms with van der Waals surface area (Å²) >= 11 is 0. The van der Waals surface area contributed by atoms with Gasteiger partial charge in [-0.05, 0) is 37.3 Å². The van der Waals surface area contributed by atoms with Crippen LogP contribution in [0.1, 0.15) is 42.5 Å². The number of nitrogens with zero attached hydrogens (tertiary/aromatic N) is 3. The normalized spacial score (nSPS) is 29.3. The van der Waals surface area contributed by atoms with Crippen LogP contribution >= 0.6 is 0 Å². The molecular formula is C20H21N3O. The van der Waals surface area contributed by atoms with Crippen LogP contribution in [0.5, 0.6) is 0 Å². The van der Waals surface area contributed by atoms with E-state index in [0.717, 1.165) is 19.4 Å². The number of benzene rings is 1. The fourth-order valence-corrected chi connectivity index (χ4v) is 4.46. The number of pyridine rings is 1. The molecule has 2 atom stereocenters. The smallest absolute Gasteiger partial charge is 0.146 e. The van der Waals surface area contributed by atoms with Crippen molar-refractivity contribution in [3.05, 3.63) is 65.5 Å². The van der Waals surface area contributed by atoms with Crippen LogP contribution in [0, 0.1) is 11.3 Å². The first kappa shape index (κ1) is 15.3. The van der Waals surface area contributed by atoms with Gasteiger partial charge in [0.1, 0.15) is 11.8 Å². The van der Waals surface area contributed by atoms with E-state index in [2.05, 4.69) is 40.2 Å². The van der Waals surface area contributed by atoms with Gasteiger partial charge in [0.25, 0.3) is 0 Å². The van der Waals surface area contributed by atoms with Crippen molar-refractivity contribution >= 4 is 0 Å². The molecule has 0 radical (unpaired) electrons. The van der Waals surface area contributed by atoms with E-state index in [1.165, 1.54) is 5.56 Å². The molecule has 4 nitrogen and oxygen atoms in total. The zero-order chi connectivity index (χ0) is 16.6. The molecule has 4 heteroatoms. The Morgan fingerprint density at radius 3 is 2.50 bits per heavy atom. The molecule has 0 saturated carbocycles. The zero-order valence-corrected chi connectivity index (χ0v) is 13.6. The van der Waals surface area contributed by atoms with Gasteiger partial charge in [0.2, 0.25) is 0 Å². The molecule has 2 saturated heterocycles. The summed E-state index contributed by atoms with van der Waals surface area (Å²) in [4.78, 5) is 6.67. The van der Waals surface area contributed by atoms with Gasteiger partial charge in [0.05, 0.1) is 5.60 Å². The van der Waals surface area contributed by atoms with Crippen molar-refractivity contribution in [2.24, 2.45) is 0 Å². The molecule has 1 N–H and O–H groups in total. The van der Waals surface area contributed by atoms with Gasteiger partial charge in [-0.25, -0.2) is 4.98 Å². The van der Waals surface area contributed by atoms with Gasteiger partial charge >= 0.3 is 0 Å². The molecule has 0 spiro atoms. The molecule has 4 rings (SSSR count). The molecule has 1 aromatic carbocycles. The van der Waals surface area contributed by atoms with Crippen molar-refractivity contribution in [3.8, 4) is 6.07 Å². The second-order valence-corrected chi connectivity index (χ2v) is 6.99. The first-order valence-corrected chi connectivity index (χ1v) is 8.57. The third-order valence-corrected chi connectivity index (χ3v) is 5.54. The third kappa shape index (κ3) is 2.60. The van der Waals surface area contributed by atoms with Crippen molar-refractivity contribution < 1.29 is 5.11 Å². The van der Waals surface area contributed by atoms with E-state index in [-0.39, 0.29) is 0 Å². The summed E-state index contributed by atoms with van der Waals surface area (Å²) in [6, 6.07) is 17.0. The lowest BCUT2D eigenvalue weighted by atomic mass is 9.79. The van der Waals surface area contributed by atoms with E-state index in [1.807, 2.05) is 18.2 Å². The molecule has 2 aromatic rings. The van der Waals surface area contributed by atoms with E-state index in [4.69, 9.17) is 0 Å². The minimum atomic E-state index is -0.932. The fraction of sp³-hybridized carbons (Fsp3) is 0.400. The monoisotopic (exact) mass is 319 g/mol. The fourth-order valence-electron chi connectivity index (χ4n) is 4.46. The van der Waals surface area contributed by atoms with Gasteiger partial charge in [-0.2, -0.15) is 5.26 Å². The summed E-state index contributed by atoms with van der Waals surface area (Å²) in [5.74, 6) is 0. The Labute approximate surface area is 142 Å². The van der Waals surface area contributed by atoms with E-state index in [1.54, 1.807) is 6.20 Å². The summed E-state index contributed by atoms with van der Waals surface area (Å²) in [7, 11) is 0. The van der Waals surface area contributed by atoms with Gasteiger partial charge in [-0.15, -0.1) is 0 Å². The number of rotatable bonds is 3. The Balaban J connectivity index is 1.59. The van der Waals surface area contributed by atoms with Gasteiger partial charge in [-0.1, -0.05) is 36.4 Å². The maximum atomic E-state index is 11.3.